The monoisotopic (exact) mass is 281 g/mol. The molecule has 0 unspecified atom stereocenters. The van der Waals surface area contributed by atoms with Crippen LogP contribution < -0.4 is 16.0 Å². The first kappa shape index (κ1) is 14.0. The number of nitrogens with zero attached hydrogens (tertiary/aromatic N) is 1. The zero-order valence-electron chi connectivity index (χ0n) is 12.8. The first-order valence-corrected chi connectivity index (χ1v) is 7.47. The van der Waals surface area contributed by atoms with Crippen LogP contribution in [0.2, 0.25) is 0 Å². The van der Waals surface area contributed by atoms with Gasteiger partial charge in [0.2, 0.25) is 0 Å². The van der Waals surface area contributed by atoms with Gasteiger partial charge in [0, 0.05) is 36.7 Å². The van der Waals surface area contributed by atoms with Crippen molar-refractivity contribution in [1.29, 1.82) is 0 Å². The predicted octanol–water partition coefficient (Wildman–Crippen LogP) is 3.74. The SMILES string of the molecule is CC1(C)CN(c2ccc(Nc3ccc(CN)cc3)cc2)C1. The van der Waals surface area contributed by atoms with Gasteiger partial charge >= 0.3 is 0 Å². The molecule has 1 saturated heterocycles. The second-order valence-electron chi connectivity index (χ2n) is 6.59. The van der Waals surface area contributed by atoms with Crippen molar-refractivity contribution < 1.29 is 0 Å². The van der Waals surface area contributed by atoms with E-state index in [1.807, 2.05) is 0 Å². The van der Waals surface area contributed by atoms with Crippen molar-refractivity contribution in [2.24, 2.45) is 11.1 Å². The normalized spacial score (nSPS) is 16.4. The number of hydrogen-bond donors (Lipinski definition) is 2. The molecule has 0 spiro atoms. The van der Waals surface area contributed by atoms with E-state index in [0.717, 1.165) is 30.0 Å². The first-order valence-electron chi connectivity index (χ1n) is 7.47. The molecule has 0 atom stereocenters. The third-order valence-electron chi connectivity index (χ3n) is 3.95. The summed E-state index contributed by atoms with van der Waals surface area (Å²) in [5.74, 6) is 0. The summed E-state index contributed by atoms with van der Waals surface area (Å²) in [5, 5.41) is 3.41. The Kier molecular flexibility index (Phi) is 3.60. The summed E-state index contributed by atoms with van der Waals surface area (Å²) in [6.45, 7) is 7.48. The summed E-state index contributed by atoms with van der Waals surface area (Å²) in [7, 11) is 0. The standard InChI is InChI=1S/C18H23N3/c1-18(2)12-21(13-18)17-9-7-16(8-10-17)20-15-5-3-14(11-19)4-6-15/h3-10,20H,11-13,19H2,1-2H3. The van der Waals surface area contributed by atoms with E-state index in [1.165, 1.54) is 5.69 Å². The van der Waals surface area contributed by atoms with Crippen molar-refractivity contribution in [3.8, 4) is 0 Å². The van der Waals surface area contributed by atoms with Gasteiger partial charge in [-0.1, -0.05) is 26.0 Å². The van der Waals surface area contributed by atoms with Gasteiger partial charge < -0.3 is 16.0 Å². The average molecular weight is 281 g/mol. The molecule has 0 radical (unpaired) electrons. The van der Waals surface area contributed by atoms with Crippen molar-refractivity contribution in [2.75, 3.05) is 23.3 Å². The van der Waals surface area contributed by atoms with Gasteiger partial charge in [0.15, 0.2) is 0 Å². The Labute approximate surface area is 126 Å². The Morgan fingerprint density at radius 2 is 1.48 bits per heavy atom. The van der Waals surface area contributed by atoms with Crippen LogP contribution in [0.1, 0.15) is 19.4 Å². The summed E-state index contributed by atoms with van der Waals surface area (Å²) in [4.78, 5) is 2.42. The third kappa shape index (κ3) is 3.19. The number of nitrogens with two attached hydrogens (primary N) is 1. The van der Waals surface area contributed by atoms with Crippen LogP contribution >= 0.6 is 0 Å². The van der Waals surface area contributed by atoms with Crippen LogP contribution in [-0.2, 0) is 6.54 Å². The van der Waals surface area contributed by atoms with Crippen molar-refractivity contribution in [3.63, 3.8) is 0 Å². The molecule has 110 valence electrons. The molecule has 2 aromatic rings. The van der Waals surface area contributed by atoms with E-state index >= 15 is 0 Å². The van der Waals surface area contributed by atoms with Crippen LogP contribution in [0.4, 0.5) is 17.1 Å². The minimum absolute atomic E-state index is 0.460. The quantitative estimate of drug-likeness (QED) is 0.897. The summed E-state index contributed by atoms with van der Waals surface area (Å²) in [6.07, 6.45) is 0. The van der Waals surface area contributed by atoms with Crippen LogP contribution in [0.15, 0.2) is 48.5 Å². The zero-order valence-corrected chi connectivity index (χ0v) is 12.8. The van der Waals surface area contributed by atoms with Crippen LogP contribution in [0.3, 0.4) is 0 Å². The zero-order chi connectivity index (χ0) is 14.9. The maximum atomic E-state index is 5.61. The van der Waals surface area contributed by atoms with Gasteiger partial charge in [-0.2, -0.15) is 0 Å². The molecule has 3 nitrogen and oxygen atoms in total. The fraction of sp³-hybridized carbons (Fsp3) is 0.333. The number of anilines is 3. The highest BCUT2D eigenvalue weighted by atomic mass is 15.2. The molecule has 0 aliphatic carbocycles. The summed E-state index contributed by atoms with van der Waals surface area (Å²) in [5.41, 5.74) is 10.7. The molecule has 0 amide bonds. The number of benzene rings is 2. The van der Waals surface area contributed by atoms with Gasteiger partial charge in [-0.3, -0.25) is 0 Å². The molecule has 1 aliphatic rings. The average Bonchev–Trinajstić information content (AvgIpc) is 2.46. The molecule has 1 heterocycles. The first-order chi connectivity index (χ1) is 10.1. The minimum atomic E-state index is 0.460. The predicted molar refractivity (Wildman–Crippen MR) is 90.1 cm³/mol. The van der Waals surface area contributed by atoms with Crippen LogP contribution in [0.5, 0.6) is 0 Å². The molecule has 1 aliphatic heterocycles. The molecule has 3 heteroatoms. The molecule has 3 rings (SSSR count). The largest absolute Gasteiger partial charge is 0.370 e. The van der Waals surface area contributed by atoms with Crippen LogP contribution in [-0.4, -0.2) is 13.1 Å². The maximum Gasteiger partial charge on any atom is 0.0385 e. The van der Waals surface area contributed by atoms with Gasteiger partial charge in [-0.05, 0) is 47.4 Å². The minimum Gasteiger partial charge on any atom is -0.370 e. The molecule has 2 aromatic carbocycles. The lowest BCUT2D eigenvalue weighted by molar-refractivity contribution is 0.276. The van der Waals surface area contributed by atoms with Gasteiger partial charge in [0.1, 0.15) is 0 Å². The van der Waals surface area contributed by atoms with Crippen LogP contribution in [0.25, 0.3) is 0 Å². The van der Waals surface area contributed by atoms with Crippen LogP contribution in [0, 0.1) is 5.41 Å². The molecular formula is C18H23N3. The molecule has 3 N–H and O–H groups in total. The number of nitrogens with one attached hydrogen (secondary N) is 1. The summed E-state index contributed by atoms with van der Waals surface area (Å²) in [6, 6.07) is 16.9. The molecule has 0 bridgehead atoms. The van der Waals surface area contributed by atoms with Crippen molar-refractivity contribution in [2.45, 2.75) is 20.4 Å². The van der Waals surface area contributed by atoms with E-state index in [9.17, 15) is 0 Å². The van der Waals surface area contributed by atoms with E-state index in [2.05, 4.69) is 72.6 Å². The smallest absolute Gasteiger partial charge is 0.0385 e. The highest BCUT2D eigenvalue weighted by molar-refractivity contribution is 5.63. The molecule has 0 saturated carbocycles. The molecular weight excluding hydrogens is 258 g/mol. The lowest BCUT2D eigenvalue weighted by Gasteiger charge is -2.47. The Hall–Kier alpha value is -2.00. The third-order valence-corrected chi connectivity index (χ3v) is 3.95. The molecule has 21 heavy (non-hydrogen) atoms. The fourth-order valence-corrected chi connectivity index (χ4v) is 2.82. The highest BCUT2D eigenvalue weighted by Crippen LogP contribution is 2.34. The second-order valence-corrected chi connectivity index (χ2v) is 6.59. The van der Waals surface area contributed by atoms with E-state index in [0.29, 0.717) is 12.0 Å². The van der Waals surface area contributed by atoms with Crippen molar-refractivity contribution >= 4 is 17.1 Å². The Balaban J connectivity index is 1.64. The molecule has 0 aromatic heterocycles. The van der Waals surface area contributed by atoms with Crippen molar-refractivity contribution in [1.82, 2.24) is 0 Å². The van der Waals surface area contributed by atoms with E-state index in [4.69, 9.17) is 5.73 Å². The number of rotatable bonds is 4. The molecule has 1 fully saturated rings. The van der Waals surface area contributed by atoms with Gasteiger partial charge in [0.25, 0.3) is 0 Å². The maximum absolute atomic E-state index is 5.61. The van der Waals surface area contributed by atoms with Gasteiger partial charge in [-0.25, -0.2) is 0 Å². The summed E-state index contributed by atoms with van der Waals surface area (Å²) >= 11 is 0. The lowest BCUT2D eigenvalue weighted by atomic mass is 9.84. The van der Waals surface area contributed by atoms with Gasteiger partial charge in [0.05, 0.1) is 0 Å². The van der Waals surface area contributed by atoms with E-state index in [-0.39, 0.29) is 0 Å². The second kappa shape index (κ2) is 5.41. The van der Waals surface area contributed by atoms with E-state index < -0.39 is 0 Å². The summed E-state index contributed by atoms with van der Waals surface area (Å²) < 4.78 is 0. The lowest BCUT2D eigenvalue weighted by Crippen LogP contribution is -2.53. The van der Waals surface area contributed by atoms with E-state index in [1.54, 1.807) is 0 Å². The Bertz CT molecular complexity index is 591. The Morgan fingerprint density at radius 3 is 1.95 bits per heavy atom. The fourth-order valence-electron chi connectivity index (χ4n) is 2.82. The number of hydrogen-bond acceptors (Lipinski definition) is 3. The van der Waals surface area contributed by atoms with Crippen molar-refractivity contribution in [3.05, 3.63) is 54.1 Å². The Morgan fingerprint density at radius 1 is 0.952 bits per heavy atom. The van der Waals surface area contributed by atoms with Gasteiger partial charge in [-0.15, -0.1) is 0 Å². The highest BCUT2D eigenvalue weighted by Gasteiger charge is 2.33. The topological polar surface area (TPSA) is 41.3 Å².